The number of esters is 1. The van der Waals surface area contributed by atoms with Gasteiger partial charge in [-0.1, -0.05) is 44.2 Å². The van der Waals surface area contributed by atoms with Crippen LogP contribution in [0.2, 0.25) is 0 Å². The summed E-state index contributed by atoms with van der Waals surface area (Å²) >= 11 is 0. The zero-order valence-corrected chi connectivity index (χ0v) is 12.7. The van der Waals surface area contributed by atoms with E-state index >= 15 is 0 Å². The molecule has 0 aliphatic carbocycles. The first-order chi connectivity index (χ1) is 10.2. The van der Waals surface area contributed by atoms with Gasteiger partial charge in [-0.05, 0) is 12.0 Å². The summed E-state index contributed by atoms with van der Waals surface area (Å²) in [5, 5.41) is 0. The number of hydrogen-bond acceptors (Lipinski definition) is 4. The minimum absolute atomic E-state index is 0.0409. The predicted octanol–water partition coefficient (Wildman–Crippen LogP) is 2.73. The molecule has 0 bridgehead atoms. The molecule has 2 heterocycles. The Morgan fingerprint density at radius 3 is 2.52 bits per heavy atom. The molecule has 0 aromatic heterocycles. The number of hydrogen-bond donors (Lipinski definition) is 0. The smallest absolute Gasteiger partial charge is 0.314 e. The fraction of sp³-hybridized carbons (Fsp3) is 0.588. The van der Waals surface area contributed by atoms with Crippen LogP contribution in [0.25, 0.3) is 0 Å². The van der Waals surface area contributed by atoms with Crippen LogP contribution in [0.1, 0.15) is 31.9 Å². The van der Waals surface area contributed by atoms with Crippen LogP contribution in [0.5, 0.6) is 0 Å². The largest absolute Gasteiger partial charge is 0.469 e. The third-order valence-corrected chi connectivity index (χ3v) is 4.64. The second kappa shape index (κ2) is 5.78. The summed E-state index contributed by atoms with van der Waals surface area (Å²) in [6, 6.07) is 10.2. The van der Waals surface area contributed by atoms with Gasteiger partial charge in [-0.3, -0.25) is 4.79 Å². The maximum absolute atomic E-state index is 12.1. The van der Waals surface area contributed by atoms with Gasteiger partial charge >= 0.3 is 5.97 Å². The highest BCUT2D eigenvalue weighted by Crippen LogP contribution is 2.48. The molecule has 0 radical (unpaired) electrons. The maximum atomic E-state index is 12.1. The molecule has 6 atom stereocenters. The SMILES string of the molecule is CCC1OC(c2ccccc2)C(C)C2OC2C1C(=O)OC. The minimum Gasteiger partial charge on any atom is -0.469 e. The molecule has 2 saturated heterocycles. The molecule has 6 unspecified atom stereocenters. The topological polar surface area (TPSA) is 48.1 Å². The van der Waals surface area contributed by atoms with Crippen molar-refractivity contribution in [1.82, 2.24) is 0 Å². The molecule has 3 rings (SSSR count). The lowest BCUT2D eigenvalue weighted by Crippen LogP contribution is -2.35. The molecule has 1 aromatic carbocycles. The molecule has 0 amide bonds. The van der Waals surface area contributed by atoms with Gasteiger partial charge in [-0.15, -0.1) is 0 Å². The first-order valence-electron chi connectivity index (χ1n) is 7.61. The van der Waals surface area contributed by atoms with Crippen molar-refractivity contribution in [2.45, 2.75) is 44.7 Å². The van der Waals surface area contributed by atoms with E-state index in [9.17, 15) is 4.79 Å². The van der Waals surface area contributed by atoms with Crippen molar-refractivity contribution < 1.29 is 19.0 Å². The summed E-state index contributed by atoms with van der Waals surface area (Å²) in [5.41, 5.74) is 1.14. The van der Waals surface area contributed by atoms with Crippen molar-refractivity contribution in [1.29, 1.82) is 0 Å². The van der Waals surface area contributed by atoms with E-state index in [1.165, 1.54) is 7.11 Å². The molecule has 2 aliphatic heterocycles. The number of ether oxygens (including phenoxy) is 3. The molecular formula is C17H22O4. The fourth-order valence-electron chi connectivity index (χ4n) is 3.43. The highest BCUT2D eigenvalue weighted by Gasteiger charge is 2.58. The number of rotatable bonds is 3. The molecule has 114 valence electrons. The van der Waals surface area contributed by atoms with Crippen LogP contribution < -0.4 is 0 Å². The maximum Gasteiger partial charge on any atom is 0.314 e. The van der Waals surface area contributed by atoms with E-state index in [-0.39, 0.29) is 42.2 Å². The molecule has 21 heavy (non-hydrogen) atoms. The summed E-state index contributed by atoms with van der Waals surface area (Å²) in [6.45, 7) is 4.17. The van der Waals surface area contributed by atoms with E-state index in [4.69, 9.17) is 14.2 Å². The van der Waals surface area contributed by atoms with Crippen molar-refractivity contribution in [2.75, 3.05) is 7.11 Å². The van der Waals surface area contributed by atoms with Crippen LogP contribution >= 0.6 is 0 Å². The molecule has 4 heteroatoms. The molecular weight excluding hydrogens is 268 g/mol. The van der Waals surface area contributed by atoms with E-state index in [0.29, 0.717) is 0 Å². The van der Waals surface area contributed by atoms with Gasteiger partial charge in [0.05, 0.1) is 25.4 Å². The van der Waals surface area contributed by atoms with Crippen molar-refractivity contribution in [3.63, 3.8) is 0 Å². The summed E-state index contributed by atoms with van der Waals surface area (Å²) in [7, 11) is 1.43. The molecule has 0 saturated carbocycles. The number of methoxy groups -OCH3 is 1. The molecule has 0 N–H and O–H groups in total. The monoisotopic (exact) mass is 290 g/mol. The number of fused-ring (bicyclic) bond motifs is 1. The van der Waals surface area contributed by atoms with Crippen LogP contribution in [0.4, 0.5) is 0 Å². The van der Waals surface area contributed by atoms with Crippen molar-refractivity contribution in [3.05, 3.63) is 35.9 Å². The van der Waals surface area contributed by atoms with E-state index in [1.54, 1.807) is 0 Å². The lowest BCUT2D eigenvalue weighted by molar-refractivity contribution is -0.156. The van der Waals surface area contributed by atoms with E-state index in [0.717, 1.165) is 12.0 Å². The number of epoxide rings is 1. The van der Waals surface area contributed by atoms with E-state index < -0.39 is 0 Å². The lowest BCUT2D eigenvalue weighted by Gasteiger charge is -2.28. The normalized spacial score (nSPS) is 38.2. The molecule has 1 aromatic rings. The third kappa shape index (κ3) is 2.58. The first-order valence-corrected chi connectivity index (χ1v) is 7.61. The summed E-state index contributed by atoms with van der Waals surface area (Å²) < 4.78 is 17.1. The van der Waals surface area contributed by atoms with Crippen molar-refractivity contribution >= 4 is 5.97 Å². The van der Waals surface area contributed by atoms with Crippen molar-refractivity contribution in [3.8, 4) is 0 Å². The van der Waals surface area contributed by atoms with E-state index in [1.807, 2.05) is 25.1 Å². The zero-order chi connectivity index (χ0) is 15.0. The zero-order valence-electron chi connectivity index (χ0n) is 12.7. The molecule has 4 nitrogen and oxygen atoms in total. The van der Waals surface area contributed by atoms with Crippen LogP contribution in [0, 0.1) is 11.8 Å². The summed E-state index contributed by atoms with van der Waals surface area (Å²) in [6.07, 6.45) is 0.577. The van der Waals surface area contributed by atoms with Gasteiger partial charge in [0.1, 0.15) is 12.0 Å². The Bertz CT molecular complexity index is 501. The number of benzene rings is 1. The van der Waals surface area contributed by atoms with Gasteiger partial charge in [0.15, 0.2) is 0 Å². The van der Waals surface area contributed by atoms with Crippen LogP contribution in [-0.2, 0) is 19.0 Å². The highest BCUT2D eigenvalue weighted by molar-refractivity contribution is 5.74. The van der Waals surface area contributed by atoms with Gasteiger partial charge in [0.25, 0.3) is 0 Å². The van der Waals surface area contributed by atoms with Gasteiger partial charge in [-0.2, -0.15) is 0 Å². The fourth-order valence-corrected chi connectivity index (χ4v) is 3.43. The average molecular weight is 290 g/mol. The Kier molecular flexibility index (Phi) is 4.00. The highest BCUT2D eigenvalue weighted by atomic mass is 16.6. The average Bonchev–Trinajstić information content (AvgIpc) is 3.31. The summed E-state index contributed by atoms with van der Waals surface area (Å²) in [4.78, 5) is 12.1. The molecule has 2 aliphatic rings. The Labute approximate surface area is 125 Å². The third-order valence-electron chi connectivity index (χ3n) is 4.64. The van der Waals surface area contributed by atoms with Gasteiger partial charge in [-0.25, -0.2) is 0 Å². The Balaban J connectivity index is 1.90. The van der Waals surface area contributed by atoms with Gasteiger partial charge < -0.3 is 14.2 Å². The van der Waals surface area contributed by atoms with Crippen LogP contribution in [-0.4, -0.2) is 31.4 Å². The lowest BCUT2D eigenvalue weighted by atomic mass is 9.90. The number of carbonyl (C=O) groups is 1. The predicted molar refractivity (Wildman–Crippen MR) is 77.7 cm³/mol. The molecule has 2 fully saturated rings. The van der Waals surface area contributed by atoms with Crippen LogP contribution in [0.15, 0.2) is 30.3 Å². The Morgan fingerprint density at radius 2 is 1.90 bits per heavy atom. The van der Waals surface area contributed by atoms with E-state index in [2.05, 4.69) is 19.1 Å². The summed E-state index contributed by atoms with van der Waals surface area (Å²) in [5.74, 6) is -0.322. The second-order valence-corrected chi connectivity index (χ2v) is 5.89. The molecule has 0 spiro atoms. The van der Waals surface area contributed by atoms with Crippen LogP contribution in [0.3, 0.4) is 0 Å². The minimum atomic E-state index is -0.318. The Morgan fingerprint density at radius 1 is 1.19 bits per heavy atom. The second-order valence-electron chi connectivity index (χ2n) is 5.89. The number of carbonyl (C=O) groups excluding carboxylic acids is 1. The van der Waals surface area contributed by atoms with Gasteiger partial charge in [0, 0.05) is 5.92 Å². The van der Waals surface area contributed by atoms with Crippen molar-refractivity contribution in [2.24, 2.45) is 11.8 Å². The standard InChI is InChI=1S/C17H22O4/c1-4-12-13(17(18)19-3)16-15(21-16)10(2)14(20-12)11-8-6-5-7-9-11/h5-10,12-16H,4H2,1-3H3. The Hall–Kier alpha value is -1.39. The first kappa shape index (κ1) is 14.5. The van der Waals surface area contributed by atoms with Gasteiger partial charge in [0.2, 0.25) is 0 Å². The quantitative estimate of drug-likeness (QED) is 0.634.